The Kier molecular flexibility index (Phi) is 4.59. The zero-order chi connectivity index (χ0) is 14.9. The Labute approximate surface area is 133 Å². The molecule has 106 valence electrons. The third kappa shape index (κ3) is 2.93. The molecule has 1 atom stereocenters. The van der Waals surface area contributed by atoms with Crippen LogP contribution in [-0.4, -0.2) is 35.2 Å². The third-order valence-electron chi connectivity index (χ3n) is 3.06. The standard InChI is InChI=1S/C13H12Br2N2O3/c1-2-10-12(19)16-11(18)6-17(10)13(20)8-5-7(14)3-4-9(8)15/h3-5,10H,2,6H2,1H3,(H,16,18,19). The predicted molar refractivity (Wildman–Crippen MR) is 80.1 cm³/mol. The second-order valence-corrected chi connectivity index (χ2v) is 6.16. The maximum absolute atomic E-state index is 12.6. The molecule has 0 bridgehead atoms. The lowest BCUT2D eigenvalue weighted by atomic mass is 10.1. The van der Waals surface area contributed by atoms with Crippen molar-refractivity contribution in [1.29, 1.82) is 0 Å². The molecule has 1 saturated heterocycles. The zero-order valence-corrected chi connectivity index (χ0v) is 13.8. The second kappa shape index (κ2) is 6.05. The third-order valence-corrected chi connectivity index (χ3v) is 4.25. The van der Waals surface area contributed by atoms with E-state index in [1.54, 1.807) is 25.1 Å². The summed E-state index contributed by atoms with van der Waals surface area (Å²) in [6.07, 6.45) is 0.455. The minimum atomic E-state index is -0.619. The van der Waals surface area contributed by atoms with Gasteiger partial charge in [0.25, 0.3) is 5.91 Å². The minimum Gasteiger partial charge on any atom is -0.317 e. The molecule has 0 saturated carbocycles. The van der Waals surface area contributed by atoms with E-state index in [0.717, 1.165) is 4.47 Å². The molecule has 1 aliphatic rings. The van der Waals surface area contributed by atoms with Gasteiger partial charge in [-0.2, -0.15) is 0 Å². The lowest BCUT2D eigenvalue weighted by Gasteiger charge is -2.33. The van der Waals surface area contributed by atoms with Crippen LogP contribution in [0.4, 0.5) is 0 Å². The van der Waals surface area contributed by atoms with Crippen LogP contribution in [0.1, 0.15) is 23.7 Å². The van der Waals surface area contributed by atoms with E-state index in [1.165, 1.54) is 4.90 Å². The van der Waals surface area contributed by atoms with E-state index < -0.39 is 17.9 Å². The average Bonchev–Trinajstić information content (AvgIpc) is 2.40. The summed E-state index contributed by atoms with van der Waals surface area (Å²) >= 11 is 6.62. The topological polar surface area (TPSA) is 66.5 Å². The van der Waals surface area contributed by atoms with E-state index in [9.17, 15) is 14.4 Å². The molecule has 1 unspecified atom stereocenters. The number of halogens is 2. The first kappa shape index (κ1) is 15.2. The van der Waals surface area contributed by atoms with Crippen LogP contribution in [0.25, 0.3) is 0 Å². The largest absolute Gasteiger partial charge is 0.317 e. The summed E-state index contributed by atoms with van der Waals surface area (Å²) in [5.74, 6) is -1.23. The van der Waals surface area contributed by atoms with Crippen LogP contribution in [0, 0.1) is 0 Å². The summed E-state index contributed by atoms with van der Waals surface area (Å²) in [6.45, 7) is 1.69. The number of nitrogens with zero attached hydrogens (tertiary/aromatic N) is 1. The molecule has 0 spiro atoms. The zero-order valence-electron chi connectivity index (χ0n) is 10.7. The van der Waals surface area contributed by atoms with E-state index in [0.29, 0.717) is 16.5 Å². The minimum absolute atomic E-state index is 0.109. The summed E-state index contributed by atoms with van der Waals surface area (Å²) in [6, 6.07) is 4.58. The number of piperazine rings is 1. The van der Waals surface area contributed by atoms with Crippen molar-refractivity contribution in [3.8, 4) is 0 Å². The first-order chi connectivity index (χ1) is 9.43. The van der Waals surface area contributed by atoms with Gasteiger partial charge in [-0.15, -0.1) is 0 Å². The number of benzene rings is 1. The molecule has 1 N–H and O–H groups in total. The second-order valence-electron chi connectivity index (χ2n) is 4.39. The van der Waals surface area contributed by atoms with E-state index in [1.807, 2.05) is 0 Å². The molecule has 2 rings (SSSR count). The van der Waals surface area contributed by atoms with E-state index >= 15 is 0 Å². The fourth-order valence-electron chi connectivity index (χ4n) is 2.10. The molecule has 5 nitrogen and oxygen atoms in total. The van der Waals surface area contributed by atoms with Crippen molar-refractivity contribution in [2.75, 3.05) is 6.54 Å². The lowest BCUT2D eigenvalue weighted by molar-refractivity contribution is -0.138. The van der Waals surface area contributed by atoms with Gasteiger partial charge < -0.3 is 4.90 Å². The van der Waals surface area contributed by atoms with Crippen LogP contribution < -0.4 is 5.32 Å². The molecule has 7 heteroatoms. The Bertz CT molecular complexity index is 589. The van der Waals surface area contributed by atoms with Gasteiger partial charge in [0, 0.05) is 8.95 Å². The number of imide groups is 1. The number of nitrogens with one attached hydrogen (secondary N) is 1. The smallest absolute Gasteiger partial charge is 0.256 e. The molecule has 0 aliphatic carbocycles. The van der Waals surface area contributed by atoms with E-state index in [-0.39, 0.29) is 12.5 Å². The Morgan fingerprint density at radius 1 is 1.40 bits per heavy atom. The van der Waals surface area contributed by atoms with Crippen LogP contribution in [0.2, 0.25) is 0 Å². The summed E-state index contributed by atoms with van der Waals surface area (Å²) < 4.78 is 1.38. The molecular weight excluding hydrogens is 392 g/mol. The number of rotatable bonds is 2. The molecule has 3 amide bonds. The van der Waals surface area contributed by atoms with Crippen LogP contribution in [0.3, 0.4) is 0 Å². The first-order valence-electron chi connectivity index (χ1n) is 6.03. The van der Waals surface area contributed by atoms with Crippen molar-refractivity contribution in [3.63, 3.8) is 0 Å². The molecule has 20 heavy (non-hydrogen) atoms. The van der Waals surface area contributed by atoms with Crippen molar-refractivity contribution in [3.05, 3.63) is 32.7 Å². The van der Waals surface area contributed by atoms with Crippen LogP contribution in [-0.2, 0) is 9.59 Å². The van der Waals surface area contributed by atoms with Crippen LogP contribution in [0.15, 0.2) is 27.1 Å². The molecule has 1 aromatic carbocycles. The molecule has 1 aromatic rings. The highest BCUT2D eigenvalue weighted by Gasteiger charge is 2.36. The normalized spacial score (nSPS) is 18.9. The van der Waals surface area contributed by atoms with Gasteiger partial charge in [0.05, 0.1) is 5.56 Å². The molecule has 1 aliphatic heterocycles. The van der Waals surface area contributed by atoms with Crippen LogP contribution >= 0.6 is 31.9 Å². The molecular formula is C13H12Br2N2O3. The lowest BCUT2D eigenvalue weighted by Crippen LogP contribution is -2.59. The molecule has 1 heterocycles. The Morgan fingerprint density at radius 3 is 2.75 bits per heavy atom. The van der Waals surface area contributed by atoms with Crippen molar-refractivity contribution in [2.45, 2.75) is 19.4 Å². The van der Waals surface area contributed by atoms with Gasteiger partial charge in [-0.25, -0.2) is 0 Å². The summed E-state index contributed by atoms with van der Waals surface area (Å²) in [7, 11) is 0. The van der Waals surface area contributed by atoms with E-state index in [4.69, 9.17) is 0 Å². The van der Waals surface area contributed by atoms with Gasteiger partial charge in [-0.05, 0) is 40.5 Å². The maximum Gasteiger partial charge on any atom is 0.256 e. The quantitative estimate of drug-likeness (QED) is 0.769. The van der Waals surface area contributed by atoms with E-state index in [2.05, 4.69) is 37.2 Å². The van der Waals surface area contributed by atoms with Gasteiger partial charge in [0.15, 0.2) is 0 Å². The Hall–Kier alpha value is -1.21. The summed E-state index contributed by atoms with van der Waals surface area (Å²) in [5.41, 5.74) is 0.417. The monoisotopic (exact) mass is 402 g/mol. The van der Waals surface area contributed by atoms with Crippen molar-refractivity contribution in [1.82, 2.24) is 10.2 Å². The van der Waals surface area contributed by atoms with Gasteiger partial charge in [-0.1, -0.05) is 22.9 Å². The highest BCUT2D eigenvalue weighted by Crippen LogP contribution is 2.24. The van der Waals surface area contributed by atoms with Crippen molar-refractivity contribution in [2.24, 2.45) is 0 Å². The maximum atomic E-state index is 12.6. The average molecular weight is 404 g/mol. The Balaban J connectivity index is 2.37. The van der Waals surface area contributed by atoms with Gasteiger partial charge in [0.2, 0.25) is 11.8 Å². The number of amides is 3. The molecule has 0 aromatic heterocycles. The number of carbonyl (C=O) groups is 3. The van der Waals surface area contributed by atoms with Gasteiger partial charge in [-0.3, -0.25) is 19.7 Å². The number of hydrogen-bond donors (Lipinski definition) is 1. The van der Waals surface area contributed by atoms with Crippen molar-refractivity contribution < 1.29 is 14.4 Å². The fourth-order valence-corrected chi connectivity index (χ4v) is 2.88. The summed E-state index contributed by atoms with van der Waals surface area (Å²) in [5, 5.41) is 2.25. The highest BCUT2D eigenvalue weighted by molar-refractivity contribution is 9.11. The SMILES string of the molecule is CCC1C(=O)NC(=O)CN1C(=O)c1cc(Br)ccc1Br. The summed E-state index contributed by atoms with van der Waals surface area (Å²) in [4.78, 5) is 37.2. The number of carbonyl (C=O) groups excluding carboxylic acids is 3. The van der Waals surface area contributed by atoms with Crippen LogP contribution in [0.5, 0.6) is 0 Å². The fraction of sp³-hybridized carbons (Fsp3) is 0.308. The highest BCUT2D eigenvalue weighted by atomic mass is 79.9. The Morgan fingerprint density at radius 2 is 2.10 bits per heavy atom. The van der Waals surface area contributed by atoms with Gasteiger partial charge in [0.1, 0.15) is 12.6 Å². The van der Waals surface area contributed by atoms with Gasteiger partial charge >= 0.3 is 0 Å². The predicted octanol–water partition coefficient (Wildman–Crippen LogP) is 2.09. The number of hydrogen-bond acceptors (Lipinski definition) is 3. The molecule has 0 radical (unpaired) electrons. The molecule has 1 fully saturated rings. The van der Waals surface area contributed by atoms with Crippen molar-refractivity contribution >= 4 is 49.6 Å². The first-order valence-corrected chi connectivity index (χ1v) is 7.62.